The van der Waals surface area contributed by atoms with Gasteiger partial charge in [-0.1, -0.05) is 6.07 Å². The number of ether oxygens (including phenoxy) is 1. The molecule has 1 aromatic heterocycles. The summed E-state index contributed by atoms with van der Waals surface area (Å²) in [5.74, 6) is 0.865. The fourth-order valence-corrected chi connectivity index (χ4v) is 1.87. The summed E-state index contributed by atoms with van der Waals surface area (Å²) in [5, 5.41) is 12.3. The Balaban J connectivity index is 2.11. The van der Waals surface area contributed by atoms with Gasteiger partial charge in [0.25, 0.3) is 0 Å². The van der Waals surface area contributed by atoms with Crippen molar-refractivity contribution in [1.29, 1.82) is 5.26 Å². The Morgan fingerprint density at radius 3 is 2.89 bits per heavy atom. The molecule has 0 aliphatic carbocycles. The van der Waals surface area contributed by atoms with Gasteiger partial charge < -0.3 is 10.1 Å². The molecule has 1 aromatic carbocycles. The standard InChI is InChI=1S/C15H15N3O/c1-11-8-13(5-6-15(11)19-2)18-10-12-4-3-7-17-14(12)9-16/h3-8,18H,10H2,1-2H3. The molecule has 2 rings (SSSR count). The van der Waals surface area contributed by atoms with Gasteiger partial charge in [0.05, 0.1) is 7.11 Å². The normalized spacial score (nSPS) is 9.74. The number of nitriles is 1. The fraction of sp³-hybridized carbons (Fsp3) is 0.200. The van der Waals surface area contributed by atoms with Crippen LogP contribution in [0.15, 0.2) is 36.5 Å². The largest absolute Gasteiger partial charge is 0.496 e. The van der Waals surface area contributed by atoms with Crippen molar-refractivity contribution in [1.82, 2.24) is 4.98 Å². The zero-order valence-corrected chi connectivity index (χ0v) is 11.0. The number of hydrogen-bond acceptors (Lipinski definition) is 4. The number of methoxy groups -OCH3 is 1. The zero-order valence-electron chi connectivity index (χ0n) is 11.0. The lowest BCUT2D eigenvalue weighted by molar-refractivity contribution is 0.412. The molecule has 0 aliphatic rings. The Kier molecular flexibility index (Phi) is 3.99. The number of nitrogens with zero attached hydrogens (tertiary/aromatic N) is 2. The van der Waals surface area contributed by atoms with E-state index in [0.29, 0.717) is 12.2 Å². The van der Waals surface area contributed by atoms with Gasteiger partial charge in [-0.05, 0) is 36.8 Å². The minimum Gasteiger partial charge on any atom is -0.496 e. The summed E-state index contributed by atoms with van der Waals surface area (Å²) in [6.45, 7) is 2.57. The number of anilines is 1. The summed E-state index contributed by atoms with van der Waals surface area (Å²) in [4.78, 5) is 4.03. The summed E-state index contributed by atoms with van der Waals surface area (Å²) in [6, 6.07) is 11.7. The van der Waals surface area contributed by atoms with E-state index in [1.54, 1.807) is 13.3 Å². The van der Waals surface area contributed by atoms with Gasteiger partial charge in [0.15, 0.2) is 0 Å². The van der Waals surface area contributed by atoms with Gasteiger partial charge in [-0.3, -0.25) is 0 Å². The predicted octanol–water partition coefficient (Wildman–Crippen LogP) is 2.88. The Labute approximate surface area is 112 Å². The van der Waals surface area contributed by atoms with E-state index >= 15 is 0 Å². The zero-order chi connectivity index (χ0) is 13.7. The predicted molar refractivity (Wildman–Crippen MR) is 74.0 cm³/mol. The fourth-order valence-electron chi connectivity index (χ4n) is 1.87. The van der Waals surface area contributed by atoms with E-state index in [0.717, 1.165) is 22.6 Å². The van der Waals surface area contributed by atoms with E-state index in [-0.39, 0.29) is 0 Å². The van der Waals surface area contributed by atoms with E-state index < -0.39 is 0 Å². The van der Waals surface area contributed by atoms with E-state index in [1.165, 1.54) is 0 Å². The molecule has 19 heavy (non-hydrogen) atoms. The lowest BCUT2D eigenvalue weighted by atomic mass is 10.1. The van der Waals surface area contributed by atoms with Crippen LogP contribution in [0, 0.1) is 18.3 Å². The first-order valence-corrected chi connectivity index (χ1v) is 5.97. The molecule has 4 heteroatoms. The second-order valence-electron chi connectivity index (χ2n) is 4.16. The Morgan fingerprint density at radius 1 is 1.37 bits per heavy atom. The third kappa shape index (κ3) is 3.02. The number of pyridine rings is 1. The lowest BCUT2D eigenvalue weighted by Crippen LogP contribution is -2.03. The molecule has 2 aromatic rings. The number of hydrogen-bond donors (Lipinski definition) is 1. The van der Waals surface area contributed by atoms with Crippen molar-refractivity contribution in [2.45, 2.75) is 13.5 Å². The summed E-state index contributed by atoms with van der Waals surface area (Å²) in [6.07, 6.45) is 1.62. The van der Waals surface area contributed by atoms with Crippen LogP contribution >= 0.6 is 0 Å². The molecule has 0 unspecified atom stereocenters. The van der Waals surface area contributed by atoms with E-state index in [4.69, 9.17) is 10.00 Å². The van der Waals surface area contributed by atoms with Gasteiger partial charge in [0.2, 0.25) is 0 Å². The van der Waals surface area contributed by atoms with Gasteiger partial charge in [0, 0.05) is 24.0 Å². The van der Waals surface area contributed by atoms with Crippen LogP contribution in [-0.4, -0.2) is 12.1 Å². The Bertz CT molecular complexity index is 617. The summed E-state index contributed by atoms with van der Waals surface area (Å²) in [7, 11) is 1.66. The van der Waals surface area contributed by atoms with Crippen molar-refractivity contribution >= 4 is 5.69 Å². The maximum atomic E-state index is 8.97. The summed E-state index contributed by atoms with van der Waals surface area (Å²) < 4.78 is 5.22. The first kappa shape index (κ1) is 12.9. The molecule has 0 saturated carbocycles. The van der Waals surface area contributed by atoms with Crippen LogP contribution in [0.25, 0.3) is 0 Å². The van der Waals surface area contributed by atoms with Gasteiger partial charge >= 0.3 is 0 Å². The van der Waals surface area contributed by atoms with Crippen molar-refractivity contribution in [3.63, 3.8) is 0 Å². The Morgan fingerprint density at radius 2 is 2.21 bits per heavy atom. The minimum absolute atomic E-state index is 0.459. The molecule has 1 N–H and O–H groups in total. The van der Waals surface area contributed by atoms with Crippen molar-refractivity contribution in [3.8, 4) is 11.8 Å². The quantitative estimate of drug-likeness (QED) is 0.910. The second-order valence-corrected chi connectivity index (χ2v) is 4.16. The SMILES string of the molecule is COc1ccc(NCc2cccnc2C#N)cc1C. The number of aryl methyl sites for hydroxylation is 1. The van der Waals surface area contributed by atoms with Crippen molar-refractivity contribution in [2.75, 3.05) is 12.4 Å². The van der Waals surface area contributed by atoms with Gasteiger partial charge in [0.1, 0.15) is 17.5 Å². The molecule has 0 amide bonds. The molecule has 0 fully saturated rings. The average molecular weight is 253 g/mol. The average Bonchev–Trinajstić information content (AvgIpc) is 2.45. The molecule has 0 bridgehead atoms. The van der Waals surface area contributed by atoms with Gasteiger partial charge in [-0.2, -0.15) is 5.26 Å². The molecule has 0 saturated heterocycles. The molecule has 0 aliphatic heterocycles. The van der Waals surface area contributed by atoms with Crippen LogP contribution < -0.4 is 10.1 Å². The van der Waals surface area contributed by atoms with E-state index in [1.807, 2.05) is 37.3 Å². The van der Waals surface area contributed by atoms with Crippen molar-refractivity contribution in [3.05, 3.63) is 53.3 Å². The first-order chi connectivity index (χ1) is 9.24. The van der Waals surface area contributed by atoms with Crippen LogP contribution in [0.2, 0.25) is 0 Å². The van der Waals surface area contributed by atoms with Crippen LogP contribution in [0.4, 0.5) is 5.69 Å². The van der Waals surface area contributed by atoms with Gasteiger partial charge in [-0.15, -0.1) is 0 Å². The topological polar surface area (TPSA) is 57.9 Å². The smallest absolute Gasteiger partial charge is 0.145 e. The highest BCUT2D eigenvalue weighted by Gasteiger charge is 2.03. The molecule has 0 atom stereocenters. The number of benzene rings is 1. The third-order valence-corrected chi connectivity index (χ3v) is 2.87. The van der Waals surface area contributed by atoms with E-state index in [9.17, 15) is 0 Å². The number of rotatable bonds is 4. The highest BCUT2D eigenvalue weighted by atomic mass is 16.5. The highest BCUT2D eigenvalue weighted by Crippen LogP contribution is 2.21. The lowest BCUT2D eigenvalue weighted by Gasteiger charge is -2.10. The molecule has 1 heterocycles. The van der Waals surface area contributed by atoms with Crippen LogP contribution in [0.1, 0.15) is 16.8 Å². The number of aromatic nitrogens is 1. The molecule has 0 radical (unpaired) electrons. The van der Waals surface area contributed by atoms with Crippen molar-refractivity contribution < 1.29 is 4.74 Å². The van der Waals surface area contributed by atoms with Gasteiger partial charge in [-0.25, -0.2) is 4.98 Å². The van der Waals surface area contributed by atoms with Crippen LogP contribution in [-0.2, 0) is 6.54 Å². The summed E-state index contributed by atoms with van der Waals surface area (Å²) >= 11 is 0. The first-order valence-electron chi connectivity index (χ1n) is 5.97. The summed E-state index contributed by atoms with van der Waals surface area (Å²) in [5.41, 5.74) is 3.41. The molecule has 4 nitrogen and oxygen atoms in total. The molecule has 96 valence electrons. The van der Waals surface area contributed by atoms with Crippen molar-refractivity contribution in [2.24, 2.45) is 0 Å². The third-order valence-electron chi connectivity index (χ3n) is 2.87. The molecular formula is C15H15N3O. The maximum absolute atomic E-state index is 8.97. The molecular weight excluding hydrogens is 238 g/mol. The second kappa shape index (κ2) is 5.87. The van der Waals surface area contributed by atoms with Crippen LogP contribution in [0.3, 0.4) is 0 Å². The monoisotopic (exact) mass is 253 g/mol. The highest BCUT2D eigenvalue weighted by molar-refractivity contribution is 5.51. The minimum atomic E-state index is 0.459. The maximum Gasteiger partial charge on any atom is 0.145 e. The number of nitrogens with one attached hydrogen (secondary N) is 1. The molecule has 0 spiro atoms. The van der Waals surface area contributed by atoms with Crippen LogP contribution in [0.5, 0.6) is 5.75 Å². The Hall–Kier alpha value is -2.54. The van der Waals surface area contributed by atoms with E-state index in [2.05, 4.69) is 16.4 Å².